The molecule has 2 N–H and O–H groups in total. The largest absolute Gasteiger partial charge is 0.377 e. The zero-order chi connectivity index (χ0) is 17.4. The van der Waals surface area contributed by atoms with Gasteiger partial charge in [0.25, 0.3) is 0 Å². The van der Waals surface area contributed by atoms with Gasteiger partial charge in [-0.2, -0.15) is 0 Å². The first-order valence-electron chi connectivity index (χ1n) is 8.23. The van der Waals surface area contributed by atoms with Crippen LogP contribution in [0.3, 0.4) is 0 Å². The fourth-order valence-corrected chi connectivity index (χ4v) is 2.73. The molecule has 0 radical (unpaired) electrons. The molecule has 1 fully saturated rings. The van der Waals surface area contributed by atoms with Crippen LogP contribution in [0.15, 0.2) is 24.3 Å². The lowest BCUT2D eigenvalue weighted by molar-refractivity contribution is -0.121. The number of hydrogen-bond donors (Lipinski definition) is 2. The van der Waals surface area contributed by atoms with Crippen molar-refractivity contribution in [2.45, 2.75) is 32.4 Å². The molecule has 7 heteroatoms. The van der Waals surface area contributed by atoms with Crippen molar-refractivity contribution in [2.24, 2.45) is 0 Å². The first-order chi connectivity index (χ1) is 11.6. The number of ether oxygens (including phenoxy) is 1. The first kappa shape index (κ1) is 18.4. The van der Waals surface area contributed by atoms with E-state index in [1.165, 1.54) is 12.1 Å². The van der Waals surface area contributed by atoms with E-state index in [1.807, 2.05) is 11.0 Å². The number of nitrogens with one attached hydrogen (secondary N) is 2. The number of benzene rings is 1. The maximum atomic E-state index is 13.4. The van der Waals surface area contributed by atoms with Crippen molar-refractivity contribution in [3.05, 3.63) is 35.6 Å². The summed E-state index contributed by atoms with van der Waals surface area (Å²) < 4.78 is 19.0. The second kappa shape index (κ2) is 9.34. The Morgan fingerprint density at radius 2 is 2.25 bits per heavy atom. The van der Waals surface area contributed by atoms with Gasteiger partial charge in [-0.25, -0.2) is 9.18 Å². The van der Waals surface area contributed by atoms with Crippen LogP contribution in [0.4, 0.5) is 9.18 Å². The molecule has 1 aromatic rings. The molecule has 0 aromatic heterocycles. The first-order valence-corrected chi connectivity index (χ1v) is 8.23. The monoisotopic (exact) mass is 337 g/mol. The van der Waals surface area contributed by atoms with Gasteiger partial charge in [0.05, 0.1) is 12.6 Å². The zero-order valence-electron chi connectivity index (χ0n) is 13.9. The average molecular weight is 337 g/mol. The summed E-state index contributed by atoms with van der Waals surface area (Å²) in [5, 5.41) is 4.80. The second-order valence-corrected chi connectivity index (χ2v) is 5.84. The molecule has 1 aromatic carbocycles. The Kier molecular flexibility index (Phi) is 7.14. The standard InChI is InChI=1S/C17H24FN3O3/c1-2-19-17(23)20-16(22)12-21(11-15-7-4-8-24-15)10-13-5-3-6-14(18)9-13/h3,5-6,9,15H,2,4,7-8,10-12H2,1H3,(H2,19,20,22,23)/t15-/m1/s1. The van der Waals surface area contributed by atoms with E-state index in [4.69, 9.17) is 4.74 Å². The lowest BCUT2D eigenvalue weighted by Crippen LogP contribution is -2.45. The highest BCUT2D eigenvalue weighted by Crippen LogP contribution is 2.15. The highest BCUT2D eigenvalue weighted by Gasteiger charge is 2.21. The molecule has 1 atom stereocenters. The molecule has 1 aliphatic heterocycles. The Hall–Kier alpha value is -1.99. The minimum Gasteiger partial charge on any atom is -0.377 e. The van der Waals surface area contributed by atoms with Crippen molar-refractivity contribution >= 4 is 11.9 Å². The molecule has 1 saturated heterocycles. The van der Waals surface area contributed by atoms with E-state index in [-0.39, 0.29) is 18.5 Å². The van der Waals surface area contributed by atoms with E-state index < -0.39 is 11.9 Å². The molecule has 24 heavy (non-hydrogen) atoms. The summed E-state index contributed by atoms with van der Waals surface area (Å²) in [6, 6.07) is 5.78. The summed E-state index contributed by atoms with van der Waals surface area (Å²) in [5.41, 5.74) is 0.777. The van der Waals surface area contributed by atoms with Crippen molar-refractivity contribution in [1.82, 2.24) is 15.5 Å². The summed E-state index contributed by atoms with van der Waals surface area (Å²) in [4.78, 5) is 25.4. The smallest absolute Gasteiger partial charge is 0.321 e. The van der Waals surface area contributed by atoms with Gasteiger partial charge in [0.1, 0.15) is 5.82 Å². The molecule has 1 aliphatic rings. The molecule has 0 saturated carbocycles. The number of halogens is 1. The van der Waals surface area contributed by atoms with Crippen molar-refractivity contribution < 1.29 is 18.7 Å². The predicted octanol–water partition coefficient (Wildman–Crippen LogP) is 1.65. The average Bonchev–Trinajstić information content (AvgIpc) is 3.00. The number of amides is 3. The number of hydrogen-bond acceptors (Lipinski definition) is 4. The second-order valence-electron chi connectivity index (χ2n) is 5.84. The fraction of sp³-hybridized carbons (Fsp3) is 0.529. The van der Waals surface area contributed by atoms with E-state index in [9.17, 15) is 14.0 Å². The van der Waals surface area contributed by atoms with Crippen LogP contribution in [-0.4, -0.2) is 49.2 Å². The summed E-state index contributed by atoms with van der Waals surface area (Å²) in [5.74, 6) is -0.702. The molecule has 0 spiro atoms. The topological polar surface area (TPSA) is 70.7 Å². The quantitative estimate of drug-likeness (QED) is 0.794. The lowest BCUT2D eigenvalue weighted by Gasteiger charge is -2.24. The van der Waals surface area contributed by atoms with Crippen LogP contribution in [-0.2, 0) is 16.1 Å². The van der Waals surface area contributed by atoms with E-state index in [0.717, 1.165) is 25.0 Å². The van der Waals surface area contributed by atoms with Crippen molar-refractivity contribution in [1.29, 1.82) is 0 Å². The number of urea groups is 1. The third-order valence-corrected chi connectivity index (χ3v) is 3.74. The van der Waals surface area contributed by atoms with E-state index in [1.54, 1.807) is 13.0 Å². The predicted molar refractivity (Wildman–Crippen MR) is 87.9 cm³/mol. The van der Waals surface area contributed by atoms with Crippen LogP contribution in [0.25, 0.3) is 0 Å². The Labute approximate surface area is 141 Å². The van der Waals surface area contributed by atoms with Gasteiger partial charge in [0.2, 0.25) is 5.91 Å². The number of rotatable bonds is 7. The minimum atomic E-state index is -0.509. The SMILES string of the molecule is CCNC(=O)NC(=O)CN(Cc1cccc(F)c1)C[C@H]1CCCO1. The summed E-state index contributed by atoms with van der Waals surface area (Å²) in [6.07, 6.45) is 2.01. The van der Waals surface area contributed by atoms with Crippen molar-refractivity contribution in [3.8, 4) is 0 Å². The lowest BCUT2D eigenvalue weighted by atomic mass is 10.1. The highest BCUT2D eigenvalue weighted by atomic mass is 19.1. The van der Waals surface area contributed by atoms with Gasteiger partial charge in [0.15, 0.2) is 0 Å². The summed E-state index contributed by atoms with van der Waals surface area (Å²) in [6.45, 7) is 3.98. The van der Waals surface area contributed by atoms with Gasteiger partial charge in [-0.05, 0) is 37.5 Å². The minimum absolute atomic E-state index is 0.0491. The van der Waals surface area contributed by atoms with E-state index in [0.29, 0.717) is 19.6 Å². The van der Waals surface area contributed by atoms with E-state index >= 15 is 0 Å². The molecule has 0 unspecified atom stereocenters. The molecule has 2 rings (SSSR count). The Balaban J connectivity index is 1.96. The molecule has 0 bridgehead atoms. The maximum Gasteiger partial charge on any atom is 0.321 e. The Morgan fingerprint density at radius 1 is 1.42 bits per heavy atom. The Bertz CT molecular complexity index is 562. The molecule has 6 nitrogen and oxygen atoms in total. The molecule has 3 amide bonds. The van der Waals surface area contributed by atoms with Gasteiger partial charge in [0, 0.05) is 26.2 Å². The van der Waals surface area contributed by atoms with Crippen LogP contribution in [0.2, 0.25) is 0 Å². The van der Waals surface area contributed by atoms with Gasteiger partial charge in [-0.1, -0.05) is 12.1 Å². The van der Waals surface area contributed by atoms with E-state index in [2.05, 4.69) is 10.6 Å². The van der Waals surface area contributed by atoms with Crippen LogP contribution in [0.5, 0.6) is 0 Å². The summed E-state index contributed by atoms with van der Waals surface area (Å²) >= 11 is 0. The molecule has 132 valence electrons. The van der Waals surface area contributed by atoms with Crippen LogP contribution < -0.4 is 10.6 Å². The summed E-state index contributed by atoms with van der Waals surface area (Å²) in [7, 11) is 0. The van der Waals surface area contributed by atoms with Crippen LogP contribution in [0.1, 0.15) is 25.3 Å². The number of carbonyl (C=O) groups excluding carboxylic acids is 2. The fourth-order valence-electron chi connectivity index (χ4n) is 2.73. The molecular weight excluding hydrogens is 313 g/mol. The third-order valence-electron chi connectivity index (χ3n) is 3.74. The van der Waals surface area contributed by atoms with Crippen LogP contribution >= 0.6 is 0 Å². The van der Waals surface area contributed by atoms with Crippen LogP contribution in [0, 0.1) is 5.82 Å². The number of imide groups is 1. The van der Waals surface area contributed by atoms with Crippen molar-refractivity contribution in [2.75, 3.05) is 26.2 Å². The number of carbonyl (C=O) groups is 2. The van der Waals surface area contributed by atoms with Crippen molar-refractivity contribution in [3.63, 3.8) is 0 Å². The van der Waals surface area contributed by atoms with Gasteiger partial charge >= 0.3 is 6.03 Å². The third kappa shape index (κ3) is 6.25. The Morgan fingerprint density at radius 3 is 2.92 bits per heavy atom. The normalized spacial score (nSPS) is 17.0. The highest BCUT2D eigenvalue weighted by molar-refractivity contribution is 5.95. The molecular formula is C17H24FN3O3. The van der Waals surface area contributed by atoms with Gasteiger partial charge < -0.3 is 10.1 Å². The number of nitrogens with zero attached hydrogens (tertiary/aromatic N) is 1. The molecule has 1 heterocycles. The van der Waals surface area contributed by atoms with Gasteiger partial charge in [-0.15, -0.1) is 0 Å². The van der Waals surface area contributed by atoms with Gasteiger partial charge in [-0.3, -0.25) is 15.0 Å². The zero-order valence-corrected chi connectivity index (χ0v) is 13.9. The maximum absolute atomic E-state index is 13.4. The molecule has 0 aliphatic carbocycles.